The SMILES string of the molecule is CCCCCC[CH]Nc1ncc(C(=O)c2cnccc2C)s1. The van der Waals surface area contributed by atoms with Crippen molar-refractivity contribution < 1.29 is 4.79 Å². The summed E-state index contributed by atoms with van der Waals surface area (Å²) in [5, 5.41) is 3.94. The predicted octanol–water partition coefficient (Wildman–Crippen LogP) is 4.62. The Morgan fingerprint density at radius 2 is 2.18 bits per heavy atom. The lowest BCUT2D eigenvalue weighted by atomic mass is 10.1. The summed E-state index contributed by atoms with van der Waals surface area (Å²) < 4.78 is 0. The number of hydrogen-bond donors (Lipinski definition) is 1. The van der Waals surface area contributed by atoms with E-state index in [-0.39, 0.29) is 5.78 Å². The lowest BCUT2D eigenvalue weighted by molar-refractivity contribution is 0.104. The topological polar surface area (TPSA) is 54.9 Å². The highest BCUT2D eigenvalue weighted by Gasteiger charge is 2.15. The van der Waals surface area contributed by atoms with Crippen LogP contribution in [0.1, 0.15) is 59.8 Å². The molecule has 2 heterocycles. The third kappa shape index (κ3) is 4.63. The molecule has 5 heteroatoms. The van der Waals surface area contributed by atoms with E-state index in [1.807, 2.05) is 19.5 Å². The average Bonchev–Trinajstić information content (AvgIpc) is 2.99. The fourth-order valence-electron chi connectivity index (χ4n) is 2.11. The van der Waals surface area contributed by atoms with E-state index in [2.05, 4.69) is 22.2 Å². The van der Waals surface area contributed by atoms with Gasteiger partial charge < -0.3 is 5.32 Å². The van der Waals surface area contributed by atoms with Crippen molar-refractivity contribution in [1.82, 2.24) is 9.97 Å². The standard InChI is InChI=1S/C17H22N3OS/c1-3-4-5-6-7-9-19-17-20-12-15(22-17)16(21)14-11-18-10-8-13(14)2/h8-12H,3-7H2,1-2H3,(H,19,20). The number of carbonyl (C=O) groups excluding carboxylic acids is 1. The molecule has 1 radical (unpaired) electrons. The molecule has 1 N–H and O–H groups in total. The molecule has 2 aromatic heterocycles. The van der Waals surface area contributed by atoms with Gasteiger partial charge in [0, 0.05) is 24.5 Å². The first kappa shape index (κ1) is 16.6. The summed E-state index contributed by atoms with van der Waals surface area (Å²) >= 11 is 1.38. The third-order valence-electron chi connectivity index (χ3n) is 3.44. The van der Waals surface area contributed by atoms with Gasteiger partial charge in [0.2, 0.25) is 5.78 Å². The molecule has 0 atom stereocenters. The van der Waals surface area contributed by atoms with Gasteiger partial charge in [-0.3, -0.25) is 9.78 Å². The monoisotopic (exact) mass is 316 g/mol. The third-order valence-corrected chi connectivity index (χ3v) is 4.37. The molecule has 0 saturated heterocycles. The van der Waals surface area contributed by atoms with E-state index in [9.17, 15) is 4.79 Å². The Labute approximate surface area is 136 Å². The van der Waals surface area contributed by atoms with Crippen LogP contribution in [0.5, 0.6) is 0 Å². The summed E-state index contributed by atoms with van der Waals surface area (Å²) in [5.41, 5.74) is 1.58. The number of ketones is 1. The molecule has 0 bridgehead atoms. The lowest BCUT2D eigenvalue weighted by Gasteiger charge is -2.02. The van der Waals surface area contributed by atoms with Crippen LogP contribution in [0.3, 0.4) is 0 Å². The van der Waals surface area contributed by atoms with Crippen molar-refractivity contribution >= 4 is 22.3 Å². The molecule has 0 unspecified atom stereocenters. The van der Waals surface area contributed by atoms with Crippen molar-refractivity contribution in [2.45, 2.75) is 46.0 Å². The lowest BCUT2D eigenvalue weighted by Crippen LogP contribution is -2.01. The zero-order chi connectivity index (χ0) is 15.8. The van der Waals surface area contributed by atoms with Gasteiger partial charge in [-0.15, -0.1) is 0 Å². The Hall–Kier alpha value is -1.75. The molecule has 2 rings (SSSR count). The van der Waals surface area contributed by atoms with Crippen molar-refractivity contribution in [3.05, 3.63) is 47.2 Å². The fourth-order valence-corrected chi connectivity index (χ4v) is 2.88. The van der Waals surface area contributed by atoms with Gasteiger partial charge in [-0.1, -0.05) is 43.9 Å². The molecular weight excluding hydrogens is 294 g/mol. The van der Waals surface area contributed by atoms with Crippen LogP contribution in [0.25, 0.3) is 0 Å². The Morgan fingerprint density at radius 3 is 2.95 bits per heavy atom. The molecule has 0 aliphatic rings. The average molecular weight is 316 g/mol. The van der Waals surface area contributed by atoms with Crippen LogP contribution >= 0.6 is 11.3 Å². The molecule has 22 heavy (non-hydrogen) atoms. The fraction of sp³-hybridized carbons (Fsp3) is 0.412. The number of nitrogens with one attached hydrogen (secondary N) is 1. The normalized spacial score (nSPS) is 10.6. The molecule has 0 aliphatic heterocycles. The quantitative estimate of drug-likeness (QED) is 0.541. The minimum absolute atomic E-state index is 0.0147. The summed E-state index contributed by atoms with van der Waals surface area (Å²) in [6.07, 6.45) is 10.9. The number of anilines is 1. The van der Waals surface area contributed by atoms with Crippen molar-refractivity contribution in [2.75, 3.05) is 5.32 Å². The predicted molar refractivity (Wildman–Crippen MR) is 91.2 cm³/mol. The van der Waals surface area contributed by atoms with E-state index < -0.39 is 0 Å². The van der Waals surface area contributed by atoms with Crippen LogP contribution < -0.4 is 5.32 Å². The summed E-state index contributed by atoms with van der Waals surface area (Å²) in [5.74, 6) is -0.0147. The van der Waals surface area contributed by atoms with Crippen molar-refractivity contribution in [2.24, 2.45) is 0 Å². The Balaban J connectivity index is 1.86. The van der Waals surface area contributed by atoms with Gasteiger partial charge in [-0.25, -0.2) is 4.98 Å². The van der Waals surface area contributed by atoms with Crippen LogP contribution in [-0.2, 0) is 0 Å². The maximum Gasteiger partial charge on any atom is 0.206 e. The second-order valence-corrected chi connectivity index (χ2v) is 6.28. The second kappa shape index (κ2) is 8.63. The molecule has 0 aliphatic carbocycles. The van der Waals surface area contributed by atoms with E-state index in [1.165, 1.54) is 37.0 Å². The van der Waals surface area contributed by atoms with E-state index in [1.54, 1.807) is 18.6 Å². The molecule has 4 nitrogen and oxygen atoms in total. The van der Waals surface area contributed by atoms with Crippen LogP contribution in [0.4, 0.5) is 5.13 Å². The van der Waals surface area contributed by atoms with Crippen molar-refractivity contribution in [1.29, 1.82) is 0 Å². The zero-order valence-electron chi connectivity index (χ0n) is 13.1. The Kier molecular flexibility index (Phi) is 6.52. The molecular formula is C17H22N3OS. The number of aryl methyl sites for hydroxylation is 1. The number of unbranched alkanes of at least 4 members (excludes halogenated alkanes) is 4. The van der Waals surface area contributed by atoms with Gasteiger partial charge in [0.15, 0.2) is 5.13 Å². The van der Waals surface area contributed by atoms with E-state index >= 15 is 0 Å². The van der Waals surface area contributed by atoms with E-state index in [0.717, 1.165) is 17.1 Å². The van der Waals surface area contributed by atoms with Gasteiger partial charge in [-0.2, -0.15) is 0 Å². The van der Waals surface area contributed by atoms with Gasteiger partial charge in [0.05, 0.1) is 11.1 Å². The van der Waals surface area contributed by atoms with Crippen LogP contribution in [0.15, 0.2) is 24.7 Å². The number of hydrogen-bond acceptors (Lipinski definition) is 5. The molecule has 0 aromatic carbocycles. The second-order valence-electron chi connectivity index (χ2n) is 5.25. The van der Waals surface area contributed by atoms with Crippen LogP contribution in [0, 0.1) is 13.5 Å². The molecule has 0 amide bonds. The first-order valence-electron chi connectivity index (χ1n) is 7.71. The number of nitrogens with zero attached hydrogens (tertiary/aromatic N) is 2. The summed E-state index contributed by atoms with van der Waals surface area (Å²) in [4.78, 5) is 21.3. The highest BCUT2D eigenvalue weighted by Crippen LogP contribution is 2.22. The molecule has 0 spiro atoms. The van der Waals surface area contributed by atoms with Gasteiger partial charge >= 0.3 is 0 Å². The van der Waals surface area contributed by atoms with Gasteiger partial charge in [-0.05, 0) is 25.0 Å². The zero-order valence-corrected chi connectivity index (χ0v) is 13.9. The van der Waals surface area contributed by atoms with E-state index in [4.69, 9.17) is 0 Å². The number of carbonyl (C=O) groups is 1. The maximum atomic E-state index is 12.4. The molecule has 0 fully saturated rings. The summed E-state index contributed by atoms with van der Waals surface area (Å²) in [7, 11) is 0. The molecule has 0 saturated carbocycles. The summed E-state index contributed by atoms with van der Waals surface area (Å²) in [6, 6.07) is 1.84. The largest absolute Gasteiger partial charge is 0.357 e. The van der Waals surface area contributed by atoms with Gasteiger partial charge in [0.25, 0.3) is 0 Å². The minimum atomic E-state index is -0.0147. The molecule has 2 aromatic rings. The van der Waals surface area contributed by atoms with Crippen molar-refractivity contribution in [3.8, 4) is 0 Å². The van der Waals surface area contributed by atoms with Crippen LogP contribution in [-0.4, -0.2) is 15.8 Å². The first-order chi connectivity index (χ1) is 10.7. The maximum absolute atomic E-state index is 12.4. The minimum Gasteiger partial charge on any atom is -0.357 e. The van der Waals surface area contributed by atoms with E-state index in [0.29, 0.717) is 10.4 Å². The summed E-state index contributed by atoms with van der Waals surface area (Å²) in [6.45, 7) is 6.15. The van der Waals surface area contributed by atoms with Crippen molar-refractivity contribution in [3.63, 3.8) is 0 Å². The van der Waals surface area contributed by atoms with Crippen LogP contribution in [0.2, 0.25) is 0 Å². The number of pyridine rings is 1. The first-order valence-corrected chi connectivity index (χ1v) is 8.53. The molecule has 117 valence electrons. The highest BCUT2D eigenvalue weighted by molar-refractivity contribution is 7.17. The number of thiazole rings is 1. The Bertz CT molecular complexity index is 609. The number of aromatic nitrogens is 2. The highest BCUT2D eigenvalue weighted by atomic mass is 32.1. The van der Waals surface area contributed by atoms with Gasteiger partial charge in [0.1, 0.15) is 0 Å². The Morgan fingerprint density at radius 1 is 1.32 bits per heavy atom. The smallest absolute Gasteiger partial charge is 0.206 e. The number of rotatable bonds is 9.